The standard InChI is InChI=1S/C18H19F3N2O3S/c1-12(2)23(3)27(25,26)16-10-4-13(5-11-16)17(24)22-15-8-6-14(7-9-15)18(19,20)21/h4-12H,1-3H3,(H,22,24). The summed E-state index contributed by atoms with van der Waals surface area (Å²) in [5.41, 5.74) is -0.436. The number of benzene rings is 2. The SMILES string of the molecule is CC(C)N(C)S(=O)(=O)c1ccc(C(=O)Nc2ccc(C(F)(F)F)cc2)cc1. The Bertz CT molecular complexity index is 906. The maximum atomic E-state index is 12.5. The van der Waals surface area contributed by atoms with E-state index in [1.165, 1.54) is 35.6 Å². The predicted octanol–water partition coefficient (Wildman–Crippen LogP) is 3.99. The molecule has 146 valence electrons. The summed E-state index contributed by atoms with van der Waals surface area (Å²) >= 11 is 0. The van der Waals surface area contributed by atoms with Crippen LogP contribution in [0.4, 0.5) is 18.9 Å². The molecule has 2 aromatic carbocycles. The van der Waals surface area contributed by atoms with E-state index < -0.39 is 27.7 Å². The highest BCUT2D eigenvalue weighted by Gasteiger charge is 2.30. The van der Waals surface area contributed by atoms with Crippen LogP contribution in [0.1, 0.15) is 29.8 Å². The van der Waals surface area contributed by atoms with E-state index in [1.807, 2.05) is 0 Å². The average Bonchev–Trinajstić information content (AvgIpc) is 2.60. The van der Waals surface area contributed by atoms with E-state index in [0.717, 1.165) is 24.3 Å². The lowest BCUT2D eigenvalue weighted by Crippen LogP contribution is -2.33. The molecule has 0 aliphatic carbocycles. The molecule has 0 bridgehead atoms. The molecule has 5 nitrogen and oxygen atoms in total. The van der Waals surface area contributed by atoms with Crippen LogP contribution in [0.3, 0.4) is 0 Å². The third-order valence-corrected chi connectivity index (χ3v) is 6.04. The maximum Gasteiger partial charge on any atom is 0.416 e. The second kappa shape index (κ2) is 7.69. The van der Waals surface area contributed by atoms with Gasteiger partial charge in [-0.1, -0.05) is 0 Å². The zero-order valence-electron chi connectivity index (χ0n) is 14.9. The number of alkyl halides is 3. The van der Waals surface area contributed by atoms with Crippen molar-refractivity contribution in [1.82, 2.24) is 4.31 Å². The first-order chi connectivity index (χ1) is 12.4. The monoisotopic (exact) mass is 400 g/mol. The molecule has 0 saturated heterocycles. The molecule has 0 aliphatic heterocycles. The van der Waals surface area contributed by atoms with E-state index in [0.29, 0.717) is 0 Å². The average molecular weight is 400 g/mol. The molecular formula is C18H19F3N2O3S. The normalized spacial score (nSPS) is 12.4. The fraction of sp³-hybridized carbons (Fsp3) is 0.278. The van der Waals surface area contributed by atoms with Crippen molar-refractivity contribution >= 4 is 21.6 Å². The number of carbonyl (C=O) groups excluding carboxylic acids is 1. The Kier molecular flexibility index (Phi) is 5.96. The van der Waals surface area contributed by atoms with Crippen LogP contribution in [0.5, 0.6) is 0 Å². The molecule has 0 atom stereocenters. The highest BCUT2D eigenvalue weighted by molar-refractivity contribution is 7.89. The summed E-state index contributed by atoms with van der Waals surface area (Å²) in [5.74, 6) is -0.559. The van der Waals surface area contributed by atoms with Crippen molar-refractivity contribution in [3.05, 3.63) is 59.7 Å². The molecule has 0 aliphatic rings. The summed E-state index contributed by atoms with van der Waals surface area (Å²) < 4.78 is 63.6. The van der Waals surface area contributed by atoms with Crippen LogP contribution in [-0.4, -0.2) is 31.7 Å². The number of hydrogen-bond donors (Lipinski definition) is 1. The van der Waals surface area contributed by atoms with Gasteiger partial charge in [-0.2, -0.15) is 17.5 Å². The van der Waals surface area contributed by atoms with Crippen molar-refractivity contribution < 1.29 is 26.4 Å². The molecule has 2 rings (SSSR count). The number of carbonyl (C=O) groups is 1. The molecule has 1 N–H and O–H groups in total. The van der Waals surface area contributed by atoms with E-state index in [-0.39, 0.29) is 22.2 Å². The topological polar surface area (TPSA) is 66.5 Å². The summed E-state index contributed by atoms with van der Waals surface area (Å²) in [7, 11) is -2.20. The number of nitrogens with zero attached hydrogens (tertiary/aromatic N) is 1. The van der Waals surface area contributed by atoms with Gasteiger partial charge in [-0.25, -0.2) is 8.42 Å². The van der Waals surface area contributed by atoms with Crippen LogP contribution in [0.15, 0.2) is 53.4 Å². The van der Waals surface area contributed by atoms with Gasteiger partial charge in [0.05, 0.1) is 10.5 Å². The minimum Gasteiger partial charge on any atom is -0.322 e. The van der Waals surface area contributed by atoms with Crippen molar-refractivity contribution in [3.8, 4) is 0 Å². The Morgan fingerprint density at radius 3 is 1.96 bits per heavy atom. The van der Waals surface area contributed by atoms with Gasteiger partial charge >= 0.3 is 6.18 Å². The molecule has 0 saturated carbocycles. The highest BCUT2D eigenvalue weighted by atomic mass is 32.2. The third kappa shape index (κ3) is 4.86. The zero-order chi connectivity index (χ0) is 20.4. The number of sulfonamides is 1. The lowest BCUT2D eigenvalue weighted by molar-refractivity contribution is -0.137. The Labute approximate surface area is 155 Å². The molecule has 9 heteroatoms. The molecule has 0 fully saturated rings. The van der Waals surface area contributed by atoms with Gasteiger partial charge in [0, 0.05) is 24.3 Å². The van der Waals surface area contributed by atoms with Crippen molar-refractivity contribution in [2.24, 2.45) is 0 Å². The number of halogens is 3. The predicted molar refractivity (Wildman–Crippen MR) is 95.9 cm³/mol. The van der Waals surface area contributed by atoms with Gasteiger partial charge in [-0.3, -0.25) is 4.79 Å². The summed E-state index contributed by atoms with van der Waals surface area (Å²) in [6.45, 7) is 3.48. The summed E-state index contributed by atoms with van der Waals surface area (Å²) in [5, 5.41) is 2.47. The molecule has 0 radical (unpaired) electrons. The number of anilines is 1. The van der Waals surface area contributed by atoms with E-state index in [1.54, 1.807) is 13.8 Å². The number of amides is 1. The van der Waals surface area contributed by atoms with Crippen molar-refractivity contribution in [2.45, 2.75) is 31.0 Å². The van der Waals surface area contributed by atoms with Gasteiger partial charge in [-0.15, -0.1) is 0 Å². The van der Waals surface area contributed by atoms with Crippen LogP contribution in [0.25, 0.3) is 0 Å². The van der Waals surface area contributed by atoms with Gasteiger partial charge in [0.1, 0.15) is 0 Å². The first-order valence-electron chi connectivity index (χ1n) is 7.99. The molecule has 0 aromatic heterocycles. The number of hydrogen-bond acceptors (Lipinski definition) is 3. The maximum absolute atomic E-state index is 12.5. The van der Waals surface area contributed by atoms with Gasteiger partial charge in [0.2, 0.25) is 10.0 Å². The van der Waals surface area contributed by atoms with Gasteiger partial charge < -0.3 is 5.32 Å². The summed E-state index contributed by atoms with van der Waals surface area (Å²) in [6.07, 6.45) is -4.45. The van der Waals surface area contributed by atoms with Crippen molar-refractivity contribution in [2.75, 3.05) is 12.4 Å². The fourth-order valence-corrected chi connectivity index (χ4v) is 3.54. The molecule has 1 amide bonds. The molecular weight excluding hydrogens is 381 g/mol. The lowest BCUT2D eigenvalue weighted by Gasteiger charge is -2.21. The van der Waals surface area contributed by atoms with Crippen LogP contribution in [-0.2, 0) is 16.2 Å². The molecule has 2 aromatic rings. The minimum absolute atomic E-state index is 0.0461. The van der Waals surface area contributed by atoms with Crippen LogP contribution in [0.2, 0.25) is 0 Å². The smallest absolute Gasteiger partial charge is 0.322 e. The van der Waals surface area contributed by atoms with Crippen LogP contribution in [0, 0.1) is 0 Å². The lowest BCUT2D eigenvalue weighted by atomic mass is 10.2. The van der Waals surface area contributed by atoms with Gasteiger partial charge in [-0.05, 0) is 62.4 Å². The number of rotatable bonds is 5. The Morgan fingerprint density at radius 2 is 1.52 bits per heavy atom. The Hall–Kier alpha value is -2.39. The first-order valence-corrected chi connectivity index (χ1v) is 9.43. The second-order valence-corrected chi connectivity index (χ2v) is 8.17. The molecule has 27 heavy (non-hydrogen) atoms. The highest BCUT2D eigenvalue weighted by Crippen LogP contribution is 2.29. The molecule has 0 heterocycles. The van der Waals surface area contributed by atoms with E-state index in [4.69, 9.17) is 0 Å². The summed E-state index contributed by atoms with van der Waals surface area (Å²) in [6, 6.07) is 9.14. The van der Waals surface area contributed by atoms with Crippen molar-refractivity contribution in [3.63, 3.8) is 0 Å². The zero-order valence-corrected chi connectivity index (χ0v) is 15.7. The van der Waals surface area contributed by atoms with Crippen LogP contribution >= 0.6 is 0 Å². The van der Waals surface area contributed by atoms with Crippen LogP contribution < -0.4 is 5.32 Å². The van der Waals surface area contributed by atoms with E-state index in [9.17, 15) is 26.4 Å². The number of nitrogens with one attached hydrogen (secondary N) is 1. The third-order valence-electron chi connectivity index (χ3n) is 3.99. The minimum atomic E-state index is -4.45. The Balaban J connectivity index is 2.14. The fourth-order valence-electron chi connectivity index (χ4n) is 2.17. The van der Waals surface area contributed by atoms with Gasteiger partial charge in [0.25, 0.3) is 5.91 Å². The van der Waals surface area contributed by atoms with E-state index in [2.05, 4.69) is 5.32 Å². The quantitative estimate of drug-likeness (QED) is 0.825. The Morgan fingerprint density at radius 1 is 1.00 bits per heavy atom. The molecule has 0 unspecified atom stereocenters. The van der Waals surface area contributed by atoms with Crippen molar-refractivity contribution in [1.29, 1.82) is 0 Å². The largest absolute Gasteiger partial charge is 0.416 e. The second-order valence-electron chi connectivity index (χ2n) is 6.17. The summed E-state index contributed by atoms with van der Waals surface area (Å²) in [4.78, 5) is 12.3. The van der Waals surface area contributed by atoms with Gasteiger partial charge in [0.15, 0.2) is 0 Å². The van der Waals surface area contributed by atoms with E-state index >= 15 is 0 Å². The molecule has 0 spiro atoms. The first kappa shape index (κ1) is 20.9.